The third-order valence-electron chi connectivity index (χ3n) is 3.48. The number of halogens is 3. The van der Waals surface area contributed by atoms with Gasteiger partial charge in [0.1, 0.15) is 0 Å². The van der Waals surface area contributed by atoms with Gasteiger partial charge in [0.2, 0.25) is 17.6 Å². The van der Waals surface area contributed by atoms with Crippen LogP contribution in [0.1, 0.15) is 17.9 Å². The summed E-state index contributed by atoms with van der Waals surface area (Å²) in [6, 6.07) is 8.20. The van der Waals surface area contributed by atoms with Crippen molar-refractivity contribution in [3.63, 3.8) is 0 Å². The SMILES string of the molecule is O=C(CCc1nc(-c2ccncc2)no1)Nc1ccccc1C(F)(F)F. The Morgan fingerprint density at radius 1 is 1.12 bits per heavy atom. The van der Waals surface area contributed by atoms with Gasteiger partial charge in [-0.05, 0) is 24.3 Å². The second-order valence-corrected chi connectivity index (χ2v) is 5.34. The first kappa shape index (κ1) is 17.6. The van der Waals surface area contributed by atoms with Crippen molar-refractivity contribution in [3.8, 4) is 11.4 Å². The molecule has 2 aromatic heterocycles. The van der Waals surface area contributed by atoms with Crippen LogP contribution in [0.3, 0.4) is 0 Å². The molecular formula is C17H13F3N4O2. The number of rotatable bonds is 5. The number of carbonyl (C=O) groups excluding carboxylic acids is 1. The molecule has 0 spiro atoms. The van der Waals surface area contributed by atoms with E-state index in [2.05, 4.69) is 20.4 Å². The van der Waals surface area contributed by atoms with Crippen LogP contribution in [0, 0.1) is 0 Å². The number of hydrogen-bond donors (Lipinski definition) is 1. The Kier molecular flexibility index (Phi) is 4.97. The minimum Gasteiger partial charge on any atom is -0.339 e. The second kappa shape index (κ2) is 7.34. The minimum atomic E-state index is -4.55. The van der Waals surface area contributed by atoms with Crippen molar-refractivity contribution in [1.29, 1.82) is 0 Å². The molecule has 0 unspecified atom stereocenters. The van der Waals surface area contributed by atoms with Gasteiger partial charge in [-0.2, -0.15) is 18.2 Å². The van der Waals surface area contributed by atoms with Crippen LogP contribution < -0.4 is 5.32 Å². The zero-order valence-corrected chi connectivity index (χ0v) is 13.3. The molecule has 0 fully saturated rings. The van der Waals surface area contributed by atoms with Crippen LogP contribution in [0.25, 0.3) is 11.4 Å². The van der Waals surface area contributed by atoms with Gasteiger partial charge in [-0.1, -0.05) is 17.3 Å². The Labute approximate surface area is 146 Å². The molecule has 0 aliphatic carbocycles. The van der Waals surface area contributed by atoms with Crippen molar-refractivity contribution < 1.29 is 22.5 Å². The fourth-order valence-corrected chi connectivity index (χ4v) is 2.25. The molecule has 3 rings (SSSR count). The number of aryl methyl sites for hydroxylation is 1. The standard InChI is InChI=1S/C17H13F3N4O2/c18-17(19,20)12-3-1-2-4-13(12)22-14(25)5-6-15-23-16(24-26-15)11-7-9-21-10-8-11/h1-4,7-10H,5-6H2,(H,22,25). The number of aromatic nitrogens is 3. The van der Waals surface area contributed by atoms with Gasteiger partial charge in [0, 0.05) is 30.8 Å². The number of carbonyl (C=O) groups is 1. The maximum atomic E-state index is 12.9. The van der Waals surface area contributed by atoms with Gasteiger partial charge in [0.05, 0.1) is 11.3 Å². The summed E-state index contributed by atoms with van der Waals surface area (Å²) in [6.07, 6.45) is -1.37. The molecule has 0 saturated heterocycles. The van der Waals surface area contributed by atoms with Crippen molar-refractivity contribution >= 4 is 11.6 Å². The molecule has 0 bridgehead atoms. The molecule has 26 heavy (non-hydrogen) atoms. The van der Waals surface area contributed by atoms with Crippen LogP contribution in [0.2, 0.25) is 0 Å². The predicted molar refractivity (Wildman–Crippen MR) is 85.9 cm³/mol. The molecule has 1 N–H and O–H groups in total. The van der Waals surface area contributed by atoms with E-state index in [-0.39, 0.29) is 24.4 Å². The molecule has 0 atom stereocenters. The number of para-hydroxylation sites is 1. The number of pyridine rings is 1. The van der Waals surface area contributed by atoms with E-state index in [1.165, 1.54) is 18.2 Å². The second-order valence-electron chi connectivity index (χ2n) is 5.34. The zero-order chi connectivity index (χ0) is 18.6. The first-order valence-corrected chi connectivity index (χ1v) is 7.62. The number of benzene rings is 1. The van der Waals surface area contributed by atoms with Crippen molar-refractivity contribution in [1.82, 2.24) is 15.1 Å². The number of nitrogens with zero attached hydrogens (tertiary/aromatic N) is 3. The van der Waals surface area contributed by atoms with Crippen LogP contribution in [0.4, 0.5) is 18.9 Å². The van der Waals surface area contributed by atoms with Gasteiger partial charge in [0.25, 0.3) is 0 Å². The Hall–Kier alpha value is -3.23. The monoisotopic (exact) mass is 362 g/mol. The molecule has 134 valence electrons. The summed E-state index contributed by atoms with van der Waals surface area (Å²) in [5, 5.41) is 6.07. The molecule has 1 aromatic carbocycles. The molecule has 9 heteroatoms. The maximum absolute atomic E-state index is 12.9. The molecule has 0 saturated carbocycles. The molecule has 0 radical (unpaired) electrons. The lowest BCUT2D eigenvalue weighted by molar-refractivity contribution is -0.137. The largest absolute Gasteiger partial charge is 0.418 e. The topological polar surface area (TPSA) is 80.9 Å². The first-order chi connectivity index (χ1) is 12.4. The third kappa shape index (κ3) is 4.24. The predicted octanol–water partition coefficient (Wildman–Crippen LogP) is 3.72. The van der Waals surface area contributed by atoms with Crippen molar-refractivity contribution in [2.75, 3.05) is 5.32 Å². The lowest BCUT2D eigenvalue weighted by Gasteiger charge is -2.13. The highest BCUT2D eigenvalue weighted by Crippen LogP contribution is 2.34. The van der Waals surface area contributed by atoms with E-state index in [9.17, 15) is 18.0 Å². The molecular weight excluding hydrogens is 349 g/mol. The molecule has 2 heterocycles. The minimum absolute atomic E-state index is 0.0931. The highest BCUT2D eigenvalue weighted by Gasteiger charge is 2.33. The van der Waals surface area contributed by atoms with E-state index < -0.39 is 17.6 Å². The van der Waals surface area contributed by atoms with E-state index in [0.29, 0.717) is 11.4 Å². The first-order valence-electron chi connectivity index (χ1n) is 7.62. The average Bonchev–Trinajstić information content (AvgIpc) is 3.09. The molecule has 3 aromatic rings. The van der Waals surface area contributed by atoms with Gasteiger partial charge in [-0.25, -0.2) is 0 Å². The summed E-state index contributed by atoms with van der Waals surface area (Å²) in [5.74, 6) is -0.00773. The zero-order valence-electron chi connectivity index (χ0n) is 13.3. The highest BCUT2D eigenvalue weighted by atomic mass is 19.4. The smallest absolute Gasteiger partial charge is 0.339 e. The number of amides is 1. The van der Waals surface area contributed by atoms with E-state index >= 15 is 0 Å². The van der Waals surface area contributed by atoms with E-state index in [1.807, 2.05) is 0 Å². The summed E-state index contributed by atoms with van der Waals surface area (Å²) in [6.45, 7) is 0. The Balaban J connectivity index is 1.61. The summed E-state index contributed by atoms with van der Waals surface area (Å²) >= 11 is 0. The van der Waals surface area contributed by atoms with Crippen molar-refractivity contribution in [2.24, 2.45) is 0 Å². The van der Waals surface area contributed by atoms with Gasteiger partial charge in [-0.3, -0.25) is 9.78 Å². The fraction of sp³-hybridized carbons (Fsp3) is 0.176. The lowest BCUT2D eigenvalue weighted by Crippen LogP contribution is -2.16. The molecule has 0 aliphatic heterocycles. The summed E-state index contributed by atoms with van der Waals surface area (Å²) in [7, 11) is 0. The normalized spacial score (nSPS) is 11.3. The van der Waals surface area contributed by atoms with Crippen LogP contribution >= 0.6 is 0 Å². The van der Waals surface area contributed by atoms with E-state index in [0.717, 1.165) is 6.07 Å². The van der Waals surface area contributed by atoms with Crippen LogP contribution in [-0.4, -0.2) is 21.0 Å². The van der Waals surface area contributed by atoms with Crippen LogP contribution in [0.5, 0.6) is 0 Å². The Morgan fingerprint density at radius 3 is 2.58 bits per heavy atom. The van der Waals surface area contributed by atoms with Gasteiger partial charge < -0.3 is 9.84 Å². The molecule has 1 amide bonds. The van der Waals surface area contributed by atoms with Crippen molar-refractivity contribution in [3.05, 3.63) is 60.2 Å². The number of hydrogen-bond acceptors (Lipinski definition) is 5. The highest BCUT2D eigenvalue weighted by molar-refractivity contribution is 5.91. The molecule has 6 nitrogen and oxygen atoms in total. The average molecular weight is 362 g/mol. The van der Waals surface area contributed by atoms with E-state index in [1.54, 1.807) is 24.5 Å². The number of nitrogens with one attached hydrogen (secondary N) is 1. The Morgan fingerprint density at radius 2 is 1.85 bits per heavy atom. The Bertz CT molecular complexity index is 894. The fourth-order valence-electron chi connectivity index (χ4n) is 2.25. The van der Waals surface area contributed by atoms with Gasteiger partial charge in [-0.15, -0.1) is 0 Å². The quantitative estimate of drug-likeness (QED) is 0.748. The number of alkyl halides is 3. The van der Waals surface area contributed by atoms with Crippen molar-refractivity contribution in [2.45, 2.75) is 19.0 Å². The van der Waals surface area contributed by atoms with E-state index in [4.69, 9.17) is 4.52 Å². The molecule has 0 aliphatic rings. The van der Waals surface area contributed by atoms with Gasteiger partial charge >= 0.3 is 6.18 Å². The van der Waals surface area contributed by atoms with Crippen LogP contribution in [-0.2, 0) is 17.4 Å². The van der Waals surface area contributed by atoms with Gasteiger partial charge in [0.15, 0.2) is 0 Å². The lowest BCUT2D eigenvalue weighted by atomic mass is 10.1. The summed E-state index contributed by atoms with van der Waals surface area (Å²) in [5.41, 5.74) is -0.474. The maximum Gasteiger partial charge on any atom is 0.418 e. The third-order valence-corrected chi connectivity index (χ3v) is 3.48. The summed E-state index contributed by atoms with van der Waals surface area (Å²) < 4.78 is 43.8. The summed E-state index contributed by atoms with van der Waals surface area (Å²) in [4.78, 5) is 20.0. The van der Waals surface area contributed by atoms with Crippen LogP contribution in [0.15, 0.2) is 53.3 Å². The number of anilines is 1.